The first-order chi connectivity index (χ1) is 20.0. The summed E-state index contributed by atoms with van der Waals surface area (Å²) in [5.41, 5.74) is -0.226. The van der Waals surface area contributed by atoms with Gasteiger partial charge in [-0.15, -0.1) is 0 Å². The molecule has 4 aromatic carbocycles. The van der Waals surface area contributed by atoms with Crippen LogP contribution in [0.2, 0.25) is 0 Å². The van der Waals surface area contributed by atoms with Crippen LogP contribution < -0.4 is 68.6 Å². The number of ether oxygens (including phenoxy) is 2. The van der Waals surface area contributed by atoms with Gasteiger partial charge in [-0.1, -0.05) is 38.1 Å². The molecule has 0 saturated heterocycles. The summed E-state index contributed by atoms with van der Waals surface area (Å²) in [5, 5.41) is 22.0. The Bertz CT molecular complexity index is 1810. The Balaban J connectivity index is 0.00000353. The molecule has 0 aromatic heterocycles. The number of benzene rings is 4. The van der Waals surface area contributed by atoms with Crippen LogP contribution in [0.1, 0.15) is 25.0 Å². The number of non-ortho nitro benzene ring substituents is 2. The number of hydrogen-bond donors (Lipinski definition) is 0. The summed E-state index contributed by atoms with van der Waals surface area (Å²) in [6, 6.07) is 18.2. The molecule has 0 N–H and O–H groups in total. The predicted molar refractivity (Wildman–Crippen MR) is 147 cm³/mol. The fourth-order valence-corrected chi connectivity index (χ4v) is 5.32. The van der Waals surface area contributed by atoms with Gasteiger partial charge < -0.3 is 18.6 Å². The molecular formula is C27H20N2Na2O12S2. The molecule has 0 aliphatic heterocycles. The Morgan fingerprint density at radius 2 is 0.889 bits per heavy atom. The van der Waals surface area contributed by atoms with Gasteiger partial charge in [0.1, 0.15) is 53.0 Å². The van der Waals surface area contributed by atoms with Crippen molar-refractivity contribution in [1.29, 1.82) is 0 Å². The fraction of sp³-hybridized carbons (Fsp3) is 0.111. The summed E-state index contributed by atoms with van der Waals surface area (Å²) in [4.78, 5) is 18.6. The molecule has 224 valence electrons. The molecule has 18 heteroatoms. The normalized spacial score (nSPS) is 11.5. The minimum absolute atomic E-state index is 0. The van der Waals surface area contributed by atoms with Crippen molar-refractivity contribution in [2.24, 2.45) is 0 Å². The van der Waals surface area contributed by atoms with Crippen molar-refractivity contribution < 1.29 is 104 Å². The van der Waals surface area contributed by atoms with Crippen LogP contribution in [0.4, 0.5) is 11.4 Å². The summed E-state index contributed by atoms with van der Waals surface area (Å²) < 4.78 is 81.0. The van der Waals surface area contributed by atoms with Gasteiger partial charge in [0.05, 0.1) is 9.85 Å². The minimum Gasteiger partial charge on any atom is -0.744 e. The van der Waals surface area contributed by atoms with Gasteiger partial charge in [-0.3, -0.25) is 20.2 Å². The van der Waals surface area contributed by atoms with Crippen molar-refractivity contribution in [3.05, 3.63) is 116 Å². The first-order valence-electron chi connectivity index (χ1n) is 12.0. The van der Waals surface area contributed by atoms with Crippen LogP contribution in [0.5, 0.6) is 23.0 Å². The van der Waals surface area contributed by atoms with E-state index in [9.17, 15) is 46.2 Å². The molecule has 45 heavy (non-hydrogen) atoms. The molecule has 4 aromatic rings. The quantitative estimate of drug-likeness (QED) is 0.0876. The van der Waals surface area contributed by atoms with Crippen molar-refractivity contribution in [3.8, 4) is 23.0 Å². The summed E-state index contributed by atoms with van der Waals surface area (Å²) in [5.74, 6) is -0.420. The largest absolute Gasteiger partial charge is 1.00 e. The molecule has 0 heterocycles. The first kappa shape index (κ1) is 38.3. The van der Waals surface area contributed by atoms with E-state index in [4.69, 9.17) is 9.47 Å². The third kappa shape index (κ3) is 9.10. The topological polar surface area (TPSA) is 219 Å². The second-order valence-corrected chi connectivity index (χ2v) is 12.3. The maximum atomic E-state index is 11.7. The van der Waals surface area contributed by atoms with E-state index in [1.165, 1.54) is 24.3 Å². The zero-order chi connectivity index (χ0) is 31.7. The Labute approximate surface area is 301 Å². The second kappa shape index (κ2) is 14.7. The number of rotatable bonds is 10. The van der Waals surface area contributed by atoms with Gasteiger partial charge >= 0.3 is 59.1 Å². The molecule has 0 fully saturated rings. The first-order valence-corrected chi connectivity index (χ1v) is 14.8. The third-order valence-electron chi connectivity index (χ3n) is 6.42. The van der Waals surface area contributed by atoms with Crippen LogP contribution in [0.15, 0.2) is 94.7 Å². The van der Waals surface area contributed by atoms with E-state index in [0.717, 1.165) is 35.4 Å². The molecule has 0 aliphatic carbocycles. The number of nitro groups is 2. The van der Waals surface area contributed by atoms with Crippen molar-refractivity contribution in [2.45, 2.75) is 29.1 Å². The van der Waals surface area contributed by atoms with Crippen molar-refractivity contribution >= 4 is 31.6 Å². The van der Waals surface area contributed by atoms with E-state index in [1.807, 2.05) is 13.8 Å². The van der Waals surface area contributed by atoms with E-state index in [2.05, 4.69) is 0 Å². The molecule has 0 amide bonds. The molecule has 0 saturated carbocycles. The average molecular weight is 675 g/mol. The van der Waals surface area contributed by atoms with E-state index < -0.39 is 56.7 Å². The smallest absolute Gasteiger partial charge is 0.744 e. The van der Waals surface area contributed by atoms with Crippen molar-refractivity contribution in [2.75, 3.05) is 0 Å². The Hall–Kier alpha value is -2.90. The summed E-state index contributed by atoms with van der Waals surface area (Å²) in [7, 11) is -10.2. The van der Waals surface area contributed by atoms with Gasteiger partial charge in [0.2, 0.25) is 0 Å². The van der Waals surface area contributed by atoms with Crippen LogP contribution >= 0.6 is 0 Å². The van der Waals surface area contributed by atoms with Gasteiger partial charge in [-0.25, -0.2) is 16.8 Å². The molecule has 0 aliphatic rings. The molecule has 0 atom stereocenters. The van der Waals surface area contributed by atoms with Gasteiger partial charge in [-0.05, 0) is 47.5 Å². The SMILES string of the molecule is CC(C)(c1ccc(Oc2ccc([N+](=O)[O-])cc2S(=O)(=O)[O-])cc1)c1ccc(Oc2ccc([N+](=O)[O-])cc2S(=O)(=O)[O-])cc1.[Na+].[Na+]. The summed E-state index contributed by atoms with van der Waals surface area (Å²) >= 11 is 0. The van der Waals surface area contributed by atoms with Crippen LogP contribution in [-0.4, -0.2) is 35.8 Å². The van der Waals surface area contributed by atoms with E-state index in [0.29, 0.717) is 12.1 Å². The summed E-state index contributed by atoms with van der Waals surface area (Å²) in [6.45, 7) is 3.80. The molecule has 4 rings (SSSR count). The van der Waals surface area contributed by atoms with Crippen molar-refractivity contribution in [1.82, 2.24) is 0 Å². The molecule has 0 radical (unpaired) electrons. The van der Waals surface area contributed by atoms with E-state index in [-0.39, 0.29) is 82.1 Å². The Morgan fingerprint density at radius 3 is 1.16 bits per heavy atom. The van der Waals surface area contributed by atoms with Gasteiger partial charge in [0.15, 0.2) is 0 Å². The summed E-state index contributed by atoms with van der Waals surface area (Å²) in [6.07, 6.45) is 0. The molecular weight excluding hydrogens is 654 g/mol. The van der Waals surface area contributed by atoms with Crippen LogP contribution in [0.3, 0.4) is 0 Å². The number of nitrogens with zero attached hydrogens (tertiary/aromatic N) is 2. The average Bonchev–Trinajstić information content (AvgIpc) is 2.92. The van der Waals surface area contributed by atoms with Gasteiger partial charge in [-0.2, -0.15) is 0 Å². The maximum absolute atomic E-state index is 11.7. The van der Waals surface area contributed by atoms with E-state index >= 15 is 0 Å². The van der Waals surface area contributed by atoms with E-state index in [1.54, 1.807) is 24.3 Å². The minimum atomic E-state index is -5.08. The molecule has 0 unspecified atom stereocenters. The standard InChI is InChI=1S/C27H22N2O12S2.2Na/c1-27(2,17-3-9-21(10-4-17)40-23-13-7-19(28(30)31)15-25(23)42(34,35)36)18-5-11-22(12-6-18)41-24-14-8-20(29(32)33)16-26(24)43(37,38)39;;/h3-16H,1-2H3,(H,34,35,36)(H,37,38,39);;/q;2*+1/p-2. The fourth-order valence-electron chi connectivity index (χ4n) is 4.08. The van der Waals surface area contributed by atoms with Crippen LogP contribution in [0.25, 0.3) is 0 Å². The van der Waals surface area contributed by atoms with Crippen molar-refractivity contribution in [3.63, 3.8) is 0 Å². The third-order valence-corrected chi connectivity index (χ3v) is 8.14. The number of nitro benzene ring substituents is 2. The molecule has 14 nitrogen and oxygen atoms in total. The number of hydrogen-bond acceptors (Lipinski definition) is 12. The van der Waals surface area contributed by atoms with Crippen LogP contribution in [0, 0.1) is 20.2 Å². The second-order valence-electron chi connectivity index (χ2n) is 9.56. The molecule has 0 spiro atoms. The zero-order valence-corrected chi connectivity index (χ0v) is 29.8. The predicted octanol–water partition coefficient (Wildman–Crippen LogP) is -0.770. The van der Waals surface area contributed by atoms with Gasteiger partial charge in [0, 0.05) is 29.7 Å². The van der Waals surface area contributed by atoms with Crippen LogP contribution in [-0.2, 0) is 25.7 Å². The van der Waals surface area contributed by atoms with Gasteiger partial charge in [0.25, 0.3) is 11.4 Å². The molecule has 0 bridgehead atoms. The maximum Gasteiger partial charge on any atom is 1.00 e. The Kier molecular flexibility index (Phi) is 12.5. The monoisotopic (exact) mass is 674 g/mol. The zero-order valence-electron chi connectivity index (χ0n) is 24.2. The Morgan fingerprint density at radius 1 is 0.578 bits per heavy atom.